The predicted molar refractivity (Wildman–Crippen MR) is 74.5 cm³/mol. The molecule has 0 spiro atoms. The maximum atomic E-state index is 12.2. The van der Waals surface area contributed by atoms with Crippen LogP contribution in [0.15, 0.2) is 12.1 Å². The fourth-order valence-corrected chi connectivity index (χ4v) is 2.15. The third-order valence-corrected chi connectivity index (χ3v) is 3.64. The van der Waals surface area contributed by atoms with Crippen LogP contribution in [0.4, 0.5) is 5.82 Å². The number of hydrogen-bond acceptors (Lipinski definition) is 3. The van der Waals surface area contributed by atoms with Gasteiger partial charge in [0.25, 0.3) is 5.91 Å². The zero-order valence-electron chi connectivity index (χ0n) is 11.7. The van der Waals surface area contributed by atoms with E-state index in [1.807, 2.05) is 6.92 Å². The Kier molecular flexibility index (Phi) is 4.70. The molecule has 0 aliphatic heterocycles. The minimum absolute atomic E-state index is 0.0715. The summed E-state index contributed by atoms with van der Waals surface area (Å²) in [6.07, 6.45) is 2.77. The highest BCUT2D eigenvalue weighted by Crippen LogP contribution is 2.20. The Morgan fingerprint density at radius 1 is 1.28 bits per heavy atom. The summed E-state index contributed by atoms with van der Waals surface area (Å²) in [6, 6.07) is 3.38. The molecular weight excluding hydrogens is 226 g/mol. The highest BCUT2D eigenvalue weighted by atomic mass is 16.1. The average molecular weight is 249 g/mol. The van der Waals surface area contributed by atoms with Crippen LogP contribution in [0.2, 0.25) is 0 Å². The van der Waals surface area contributed by atoms with Gasteiger partial charge in [0, 0.05) is 16.8 Å². The molecule has 0 saturated carbocycles. The molecule has 0 aliphatic rings. The molecule has 1 amide bonds. The number of aromatic nitrogens is 1. The van der Waals surface area contributed by atoms with E-state index in [2.05, 4.69) is 31.1 Å². The number of pyridine rings is 1. The van der Waals surface area contributed by atoms with Crippen molar-refractivity contribution in [2.24, 2.45) is 0 Å². The molecular formula is C14H23N3O. The van der Waals surface area contributed by atoms with Crippen LogP contribution in [0.1, 0.15) is 56.1 Å². The number of aryl methyl sites for hydroxylation is 1. The lowest BCUT2D eigenvalue weighted by atomic mass is 9.89. The highest BCUT2D eigenvalue weighted by molar-refractivity contribution is 5.95. The van der Waals surface area contributed by atoms with Gasteiger partial charge in [0.15, 0.2) is 0 Å². The number of nitrogens with two attached hydrogens (primary N) is 1. The van der Waals surface area contributed by atoms with Crippen LogP contribution in [0, 0.1) is 6.92 Å². The Morgan fingerprint density at radius 2 is 1.83 bits per heavy atom. The summed E-state index contributed by atoms with van der Waals surface area (Å²) in [5.41, 5.74) is 6.89. The Balaban J connectivity index is 2.94. The minimum atomic E-state index is -0.122. The first-order chi connectivity index (χ1) is 8.46. The third-order valence-electron chi connectivity index (χ3n) is 3.64. The van der Waals surface area contributed by atoms with Crippen molar-refractivity contribution < 1.29 is 4.79 Å². The van der Waals surface area contributed by atoms with Crippen molar-refractivity contribution in [3.8, 4) is 0 Å². The van der Waals surface area contributed by atoms with E-state index in [9.17, 15) is 4.79 Å². The maximum absolute atomic E-state index is 12.2. The summed E-state index contributed by atoms with van der Waals surface area (Å²) in [4.78, 5) is 16.3. The molecule has 1 aromatic heterocycles. The number of carbonyl (C=O) groups is 1. The summed E-state index contributed by atoms with van der Waals surface area (Å²) in [6.45, 7) is 8.12. The Labute approximate surface area is 109 Å². The zero-order chi connectivity index (χ0) is 13.8. The van der Waals surface area contributed by atoms with Gasteiger partial charge in [-0.05, 0) is 38.3 Å². The minimum Gasteiger partial charge on any atom is -0.384 e. The molecule has 1 heterocycles. The van der Waals surface area contributed by atoms with E-state index in [1.165, 1.54) is 0 Å². The van der Waals surface area contributed by atoms with Gasteiger partial charge in [-0.3, -0.25) is 4.79 Å². The normalized spacial score (nSPS) is 11.3. The van der Waals surface area contributed by atoms with Crippen LogP contribution in [-0.2, 0) is 0 Å². The van der Waals surface area contributed by atoms with Gasteiger partial charge in [0.1, 0.15) is 5.82 Å². The predicted octanol–water partition coefficient (Wildman–Crippen LogP) is 2.67. The Hall–Kier alpha value is -1.58. The second-order valence-corrected chi connectivity index (χ2v) is 4.72. The number of nitrogens with zero attached hydrogens (tertiary/aromatic N) is 1. The van der Waals surface area contributed by atoms with Crippen molar-refractivity contribution in [1.82, 2.24) is 10.3 Å². The molecule has 0 fully saturated rings. The molecule has 0 unspecified atom stereocenters. The van der Waals surface area contributed by atoms with Crippen LogP contribution in [0.3, 0.4) is 0 Å². The average Bonchev–Trinajstić information content (AvgIpc) is 2.35. The largest absolute Gasteiger partial charge is 0.384 e. The zero-order valence-corrected chi connectivity index (χ0v) is 11.7. The molecule has 0 aliphatic carbocycles. The fraction of sp³-hybridized carbons (Fsp3) is 0.571. The van der Waals surface area contributed by atoms with Gasteiger partial charge in [-0.1, -0.05) is 20.8 Å². The molecule has 0 atom stereocenters. The smallest absolute Gasteiger partial charge is 0.251 e. The van der Waals surface area contributed by atoms with Gasteiger partial charge in [0.2, 0.25) is 0 Å². The Bertz CT molecular complexity index is 397. The standard InChI is InChI=1S/C14H23N3O/c1-5-14(6-2,7-3)17-13(18)11-8-10(4)16-12(15)9-11/h8-9H,5-7H2,1-4H3,(H2,15,16)(H,17,18). The first-order valence-corrected chi connectivity index (χ1v) is 6.53. The van der Waals surface area contributed by atoms with Crippen LogP contribution < -0.4 is 11.1 Å². The SMILES string of the molecule is CCC(CC)(CC)NC(=O)c1cc(C)nc(N)c1. The maximum Gasteiger partial charge on any atom is 0.251 e. The fourth-order valence-electron chi connectivity index (χ4n) is 2.15. The molecule has 1 aromatic rings. The summed E-state index contributed by atoms with van der Waals surface area (Å²) >= 11 is 0. The quantitative estimate of drug-likeness (QED) is 0.843. The third kappa shape index (κ3) is 3.22. The number of hydrogen-bond donors (Lipinski definition) is 2. The number of nitrogen functional groups attached to an aromatic ring is 1. The van der Waals surface area contributed by atoms with E-state index < -0.39 is 0 Å². The molecule has 0 radical (unpaired) electrons. The second kappa shape index (κ2) is 5.85. The van der Waals surface area contributed by atoms with E-state index in [0.29, 0.717) is 11.4 Å². The van der Waals surface area contributed by atoms with Crippen LogP contribution >= 0.6 is 0 Å². The van der Waals surface area contributed by atoms with Crippen LogP contribution in [-0.4, -0.2) is 16.4 Å². The molecule has 0 bridgehead atoms. The van der Waals surface area contributed by atoms with Crippen molar-refractivity contribution in [1.29, 1.82) is 0 Å². The summed E-state index contributed by atoms with van der Waals surface area (Å²) < 4.78 is 0. The summed E-state index contributed by atoms with van der Waals surface area (Å²) in [5.74, 6) is 0.313. The monoisotopic (exact) mass is 249 g/mol. The first-order valence-electron chi connectivity index (χ1n) is 6.53. The van der Waals surface area contributed by atoms with Gasteiger partial charge in [0.05, 0.1) is 0 Å². The van der Waals surface area contributed by atoms with Crippen molar-refractivity contribution >= 4 is 11.7 Å². The van der Waals surface area contributed by atoms with E-state index in [-0.39, 0.29) is 11.4 Å². The van der Waals surface area contributed by atoms with Crippen molar-refractivity contribution in [3.63, 3.8) is 0 Å². The molecule has 4 nitrogen and oxygen atoms in total. The van der Waals surface area contributed by atoms with Gasteiger partial charge in [-0.25, -0.2) is 4.98 Å². The van der Waals surface area contributed by atoms with E-state index in [4.69, 9.17) is 5.73 Å². The lowest BCUT2D eigenvalue weighted by Gasteiger charge is -2.31. The molecule has 0 saturated heterocycles. The number of nitrogens with one attached hydrogen (secondary N) is 1. The van der Waals surface area contributed by atoms with E-state index >= 15 is 0 Å². The Morgan fingerprint density at radius 3 is 2.28 bits per heavy atom. The molecule has 3 N–H and O–H groups in total. The topological polar surface area (TPSA) is 68.0 Å². The lowest BCUT2D eigenvalue weighted by Crippen LogP contribution is -2.47. The van der Waals surface area contributed by atoms with Crippen molar-refractivity contribution in [3.05, 3.63) is 23.4 Å². The van der Waals surface area contributed by atoms with Crippen molar-refractivity contribution in [2.75, 3.05) is 5.73 Å². The van der Waals surface area contributed by atoms with Crippen LogP contribution in [0.25, 0.3) is 0 Å². The second-order valence-electron chi connectivity index (χ2n) is 4.72. The molecule has 100 valence electrons. The lowest BCUT2D eigenvalue weighted by molar-refractivity contribution is 0.0888. The molecule has 0 aromatic carbocycles. The van der Waals surface area contributed by atoms with Gasteiger partial charge in [-0.15, -0.1) is 0 Å². The van der Waals surface area contributed by atoms with Gasteiger partial charge < -0.3 is 11.1 Å². The first kappa shape index (κ1) is 14.5. The number of anilines is 1. The van der Waals surface area contributed by atoms with Crippen LogP contribution in [0.5, 0.6) is 0 Å². The number of carbonyl (C=O) groups excluding carboxylic acids is 1. The highest BCUT2D eigenvalue weighted by Gasteiger charge is 2.26. The van der Waals surface area contributed by atoms with Gasteiger partial charge >= 0.3 is 0 Å². The van der Waals surface area contributed by atoms with Gasteiger partial charge in [-0.2, -0.15) is 0 Å². The number of rotatable bonds is 5. The van der Waals surface area contributed by atoms with E-state index in [0.717, 1.165) is 25.0 Å². The number of amides is 1. The van der Waals surface area contributed by atoms with Crippen molar-refractivity contribution in [2.45, 2.75) is 52.5 Å². The molecule has 4 heteroatoms. The molecule has 1 rings (SSSR count). The summed E-state index contributed by atoms with van der Waals surface area (Å²) in [7, 11) is 0. The molecule has 18 heavy (non-hydrogen) atoms. The van der Waals surface area contributed by atoms with E-state index in [1.54, 1.807) is 12.1 Å². The summed E-state index contributed by atoms with van der Waals surface area (Å²) in [5, 5.41) is 3.13.